The number of nitrogens with zero attached hydrogens (tertiary/aromatic N) is 1. The standard InChI is InChI=1S/C18H15FN2O2/c19-15-5-1-3-12(9-15)14-7-8-17(20-11-14)21-16-6-2-4-13(10-16)18(22)23/h1-11,18,22-23H,(H,20,21). The molecule has 5 heteroatoms. The Morgan fingerprint density at radius 2 is 1.74 bits per heavy atom. The minimum atomic E-state index is -1.51. The summed E-state index contributed by atoms with van der Waals surface area (Å²) in [6, 6.07) is 16.7. The number of hydrogen-bond acceptors (Lipinski definition) is 4. The van der Waals surface area contributed by atoms with Gasteiger partial charge in [-0.2, -0.15) is 0 Å². The molecule has 3 N–H and O–H groups in total. The highest BCUT2D eigenvalue weighted by Gasteiger charge is 2.04. The summed E-state index contributed by atoms with van der Waals surface area (Å²) in [5.41, 5.74) is 2.66. The summed E-state index contributed by atoms with van der Waals surface area (Å²) >= 11 is 0. The fraction of sp³-hybridized carbons (Fsp3) is 0.0556. The van der Waals surface area contributed by atoms with Gasteiger partial charge in [0.1, 0.15) is 11.6 Å². The van der Waals surface area contributed by atoms with Crippen molar-refractivity contribution in [1.29, 1.82) is 0 Å². The number of hydrogen-bond donors (Lipinski definition) is 3. The van der Waals surface area contributed by atoms with Crippen molar-refractivity contribution in [3.05, 3.63) is 78.2 Å². The highest BCUT2D eigenvalue weighted by Crippen LogP contribution is 2.23. The molecule has 0 saturated carbocycles. The zero-order chi connectivity index (χ0) is 16.2. The molecule has 3 rings (SSSR count). The second kappa shape index (κ2) is 6.56. The number of halogens is 1. The van der Waals surface area contributed by atoms with E-state index in [1.807, 2.05) is 12.1 Å². The number of pyridine rings is 1. The van der Waals surface area contributed by atoms with E-state index in [4.69, 9.17) is 0 Å². The predicted molar refractivity (Wildman–Crippen MR) is 86.5 cm³/mol. The molecule has 0 spiro atoms. The summed E-state index contributed by atoms with van der Waals surface area (Å²) < 4.78 is 13.2. The van der Waals surface area contributed by atoms with E-state index in [0.29, 0.717) is 17.1 Å². The third kappa shape index (κ3) is 3.71. The predicted octanol–water partition coefficient (Wildman–Crippen LogP) is 3.61. The molecular weight excluding hydrogens is 295 g/mol. The number of nitrogens with one attached hydrogen (secondary N) is 1. The topological polar surface area (TPSA) is 65.4 Å². The summed E-state index contributed by atoms with van der Waals surface area (Å²) in [6.45, 7) is 0. The largest absolute Gasteiger partial charge is 0.364 e. The van der Waals surface area contributed by atoms with Crippen molar-refractivity contribution >= 4 is 11.5 Å². The maximum absolute atomic E-state index is 13.2. The van der Waals surface area contributed by atoms with Gasteiger partial charge >= 0.3 is 0 Å². The first kappa shape index (κ1) is 15.1. The van der Waals surface area contributed by atoms with E-state index in [0.717, 1.165) is 11.1 Å². The molecule has 1 aromatic heterocycles. The third-order valence-electron chi connectivity index (χ3n) is 3.38. The Morgan fingerprint density at radius 1 is 0.913 bits per heavy atom. The Labute approximate surface area is 132 Å². The van der Waals surface area contributed by atoms with Crippen LogP contribution in [0.25, 0.3) is 11.1 Å². The van der Waals surface area contributed by atoms with Crippen LogP contribution in [-0.4, -0.2) is 15.2 Å². The summed E-state index contributed by atoms with van der Waals surface area (Å²) in [6.07, 6.45) is 0.141. The molecule has 0 atom stereocenters. The van der Waals surface area contributed by atoms with Crippen molar-refractivity contribution < 1.29 is 14.6 Å². The first-order valence-corrected chi connectivity index (χ1v) is 7.07. The smallest absolute Gasteiger partial charge is 0.178 e. The molecule has 0 amide bonds. The van der Waals surface area contributed by atoms with Crippen LogP contribution >= 0.6 is 0 Å². The number of aliphatic hydroxyl groups is 2. The van der Waals surface area contributed by atoms with Gasteiger partial charge in [0.2, 0.25) is 0 Å². The molecular formula is C18H15FN2O2. The lowest BCUT2D eigenvalue weighted by Crippen LogP contribution is -1.98. The average Bonchev–Trinajstić information content (AvgIpc) is 2.56. The molecule has 0 aliphatic rings. The Kier molecular flexibility index (Phi) is 4.32. The fourth-order valence-corrected chi connectivity index (χ4v) is 2.23. The number of benzene rings is 2. The molecule has 0 aliphatic heterocycles. The van der Waals surface area contributed by atoms with Crippen LogP contribution in [0.2, 0.25) is 0 Å². The van der Waals surface area contributed by atoms with Gasteiger partial charge in [0.05, 0.1) is 0 Å². The lowest BCUT2D eigenvalue weighted by atomic mass is 10.1. The molecule has 23 heavy (non-hydrogen) atoms. The maximum Gasteiger partial charge on any atom is 0.178 e. The van der Waals surface area contributed by atoms with Gasteiger partial charge in [-0.3, -0.25) is 0 Å². The summed E-state index contributed by atoms with van der Waals surface area (Å²) in [4.78, 5) is 4.30. The number of rotatable bonds is 4. The van der Waals surface area contributed by atoms with E-state index in [1.54, 1.807) is 42.6 Å². The molecule has 0 fully saturated rings. The van der Waals surface area contributed by atoms with Crippen molar-refractivity contribution in [3.8, 4) is 11.1 Å². The molecule has 1 heterocycles. The van der Waals surface area contributed by atoms with Crippen LogP contribution in [0.5, 0.6) is 0 Å². The molecule has 2 aromatic carbocycles. The van der Waals surface area contributed by atoms with E-state index < -0.39 is 6.29 Å². The fourth-order valence-electron chi connectivity index (χ4n) is 2.23. The van der Waals surface area contributed by atoms with Gasteiger partial charge in [-0.15, -0.1) is 0 Å². The lowest BCUT2D eigenvalue weighted by Gasteiger charge is -2.09. The van der Waals surface area contributed by atoms with E-state index in [1.165, 1.54) is 12.1 Å². The van der Waals surface area contributed by atoms with Crippen molar-refractivity contribution in [3.63, 3.8) is 0 Å². The normalized spacial score (nSPS) is 10.8. The summed E-state index contributed by atoms with van der Waals surface area (Å²) in [7, 11) is 0. The highest BCUT2D eigenvalue weighted by molar-refractivity contribution is 5.65. The molecule has 0 unspecified atom stereocenters. The van der Waals surface area contributed by atoms with Gasteiger partial charge in [-0.05, 0) is 42.0 Å². The van der Waals surface area contributed by atoms with Gasteiger partial charge in [-0.1, -0.05) is 24.3 Å². The molecule has 0 saturated heterocycles. The van der Waals surface area contributed by atoms with Crippen LogP contribution in [-0.2, 0) is 0 Å². The van der Waals surface area contributed by atoms with Crippen molar-refractivity contribution in [2.24, 2.45) is 0 Å². The van der Waals surface area contributed by atoms with Crippen LogP contribution in [0.1, 0.15) is 11.9 Å². The van der Waals surface area contributed by atoms with Gasteiger partial charge in [-0.25, -0.2) is 9.37 Å². The lowest BCUT2D eigenvalue weighted by molar-refractivity contribution is -0.0424. The summed E-state index contributed by atoms with van der Waals surface area (Å²) in [5, 5.41) is 21.4. The molecule has 0 radical (unpaired) electrons. The van der Waals surface area contributed by atoms with Crippen molar-refractivity contribution in [1.82, 2.24) is 4.98 Å². The van der Waals surface area contributed by atoms with Crippen molar-refractivity contribution in [2.45, 2.75) is 6.29 Å². The second-order valence-corrected chi connectivity index (χ2v) is 5.07. The van der Waals surface area contributed by atoms with E-state index in [9.17, 15) is 14.6 Å². The minimum absolute atomic E-state index is 0.288. The Hall–Kier alpha value is -2.76. The molecule has 0 aliphatic carbocycles. The second-order valence-electron chi connectivity index (χ2n) is 5.07. The minimum Gasteiger partial charge on any atom is -0.364 e. The van der Waals surface area contributed by atoms with Crippen LogP contribution in [0.3, 0.4) is 0 Å². The SMILES string of the molecule is OC(O)c1cccc(Nc2ccc(-c3cccc(F)c3)cn2)c1. The molecule has 3 aromatic rings. The number of aromatic nitrogens is 1. The van der Waals surface area contributed by atoms with Crippen LogP contribution in [0.4, 0.5) is 15.9 Å². The van der Waals surface area contributed by atoms with E-state index >= 15 is 0 Å². The van der Waals surface area contributed by atoms with Crippen LogP contribution < -0.4 is 5.32 Å². The van der Waals surface area contributed by atoms with Gasteiger partial charge in [0, 0.05) is 23.0 Å². The quantitative estimate of drug-likeness (QED) is 0.644. The van der Waals surface area contributed by atoms with Crippen LogP contribution in [0.15, 0.2) is 66.9 Å². The van der Waals surface area contributed by atoms with Crippen LogP contribution in [0, 0.1) is 5.82 Å². The molecule has 116 valence electrons. The number of aliphatic hydroxyl groups excluding tert-OH is 1. The zero-order valence-corrected chi connectivity index (χ0v) is 12.1. The van der Waals surface area contributed by atoms with Gasteiger partial charge in [0.15, 0.2) is 6.29 Å². The Bertz CT molecular complexity index is 804. The average molecular weight is 310 g/mol. The zero-order valence-electron chi connectivity index (χ0n) is 12.1. The van der Waals surface area contributed by atoms with Crippen molar-refractivity contribution in [2.75, 3.05) is 5.32 Å². The third-order valence-corrected chi connectivity index (χ3v) is 3.38. The first-order chi connectivity index (χ1) is 11.1. The van der Waals surface area contributed by atoms with E-state index in [2.05, 4.69) is 10.3 Å². The molecule has 0 bridgehead atoms. The first-order valence-electron chi connectivity index (χ1n) is 7.07. The Balaban J connectivity index is 1.79. The summed E-state index contributed by atoms with van der Waals surface area (Å²) in [5.74, 6) is 0.318. The van der Waals surface area contributed by atoms with Gasteiger partial charge < -0.3 is 15.5 Å². The molecule has 4 nitrogen and oxygen atoms in total. The van der Waals surface area contributed by atoms with Gasteiger partial charge in [0.25, 0.3) is 0 Å². The monoisotopic (exact) mass is 310 g/mol. The van der Waals surface area contributed by atoms with E-state index in [-0.39, 0.29) is 5.82 Å². The maximum atomic E-state index is 13.2. The Morgan fingerprint density at radius 3 is 2.43 bits per heavy atom. The number of anilines is 2. The highest BCUT2D eigenvalue weighted by atomic mass is 19.1.